The van der Waals surface area contributed by atoms with E-state index in [-0.39, 0.29) is 12.1 Å². The van der Waals surface area contributed by atoms with Gasteiger partial charge in [0, 0.05) is 0 Å². The molecule has 3 nitrogen and oxygen atoms in total. The fraction of sp³-hybridized carbons (Fsp3) is 0.462. The summed E-state index contributed by atoms with van der Waals surface area (Å²) in [6.07, 6.45) is 3.64. The first-order valence-electron chi connectivity index (χ1n) is 5.56. The van der Waals surface area contributed by atoms with E-state index in [2.05, 4.69) is 0 Å². The Morgan fingerprint density at radius 2 is 2.12 bits per heavy atom. The van der Waals surface area contributed by atoms with Gasteiger partial charge in [0.1, 0.15) is 11.3 Å². The summed E-state index contributed by atoms with van der Waals surface area (Å²) in [6.45, 7) is 1.98. The maximum atomic E-state index is 11.5. The van der Waals surface area contributed by atoms with E-state index in [4.69, 9.17) is 9.47 Å². The van der Waals surface area contributed by atoms with E-state index in [0.29, 0.717) is 11.3 Å². The topological polar surface area (TPSA) is 35.5 Å². The maximum Gasteiger partial charge on any atom is 0.341 e. The Bertz CT molecular complexity index is 394. The summed E-state index contributed by atoms with van der Waals surface area (Å²) in [5, 5.41) is 0. The van der Waals surface area contributed by atoms with Crippen molar-refractivity contribution in [2.45, 2.75) is 32.3 Å². The third-order valence-corrected chi connectivity index (χ3v) is 2.89. The van der Waals surface area contributed by atoms with E-state index >= 15 is 0 Å². The van der Waals surface area contributed by atoms with Crippen molar-refractivity contribution in [1.29, 1.82) is 0 Å². The molecule has 0 unspecified atom stereocenters. The van der Waals surface area contributed by atoms with Crippen molar-refractivity contribution in [1.82, 2.24) is 0 Å². The molecule has 0 saturated heterocycles. The van der Waals surface area contributed by atoms with Crippen LogP contribution in [0.3, 0.4) is 0 Å². The molecule has 0 heterocycles. The molecule has 3 heteroatoms. The normalized spacial score (nSPS) is 15.4. The molecule has 0 spiro atoms. The Morgan fingerprint density at radius 3 is 2.69 bits per heavy atom. The smallest absolute Gasteiger partial charge is 0.341 e. The summed E-state index contributed by atoms with van der Waals surface area (Å²) in [6, 6.07) is 5.54. The molecule has 0 bridgehead atoms. The van der Waals surface area contributed by atoms with Gasteiger partial charge < -0.3 is 9.47 Å². The largest absolute Gasteiger partial charge is 0.490 e. The number of hydrogen-bond donors (Lipinski definition) is 0. The molecular formula is C13H16O3. The molecule has 1 aliphatic carbocycles. The molecule has 0 atom stereocenters. The van der Waals surface area contributed by atoms with Crippen molar-refractivity contribution in [3.63, 3.8) is 0 Å². The molecule has 1 fully saturated rings. The minimum absolute atomic E-state index is 0.269. The highest BCUT2D eigenvalue weighted by atomic mass is 16.5. The Hall–Kier alpha value is -1.51. The van der Waals surface area contributed by atoms with E-state index in [1.807, 2.05) is 19.1 Å². The lowest BCUT2D eigenvalue weighted by Gasteiger charge is -2.27. The molecule has 1 saturated carbocycles. The van der Waals surface area contributed by atoms with Crippen LogP contribution in [0.1, 0.15) is 35.2 Å². The number of aryl methyl sites for hydroxylation is 1. The molecule has 0 N–H and O–H groups in total. The molecular weight excluding hydrogens is 204 g/mol. The molecule has 0 radical (unpaired) electrons. The summed E-state index contributed by atoms with van der Waals surface area (Å²) in [5.41, 5.74) is 1.60. The zero-order valence-electron chi connectivity index (χ0n) is 9.66. The average molecular weight is 220 g/mol. The third kappa shape index (κ3) is 2.18. The molecule has 1 aliphatic rings. The third-order valence-electron chi connectivity index (χ3n) is 2.89. The molecule has 1 aromatic rings. The lowest BCUT2D eigenvalue weighted by Crippen LogP contribution is -2.25. The second-order valence-electron chi connectivity index (χ2n) is 4.16. The second kappa shape index (κ2) is 4.56. The van der Waals surface area contributed by atoms with Crippen molar-refractivity contribution < 1.29 is 14.3 Å². The molecule has 0 aromatic heterocycles. The summed E-state index contributed by atoms with van der Waals surface area (Å²) >= 11 is 0. The number of rotatable bonds is 3. The SMILES string of the molecule is COC(=O)c1ccc(C)cc1OC1CCC1. The minimum atomic E-state index is -0.339. The molecule has 0 aliphatic heterocycles. The highest BCUT2D eigenvalue weighted by Gasteiger charge is 2.22. The van der Waals surface area contributed by atoms with Gasteiger partial charge in [-0.1, -0.05) is 6.07 Å². The van der Waals surface area contributed by atoms with Crippen LogP contribution in [0.25, 0.3) is 0 Å². The van der Waals surface area contributed by atoms with Gasteiger partial charge in [0.15, 0.2) is 0 Å². The molecule has 16 heavy (non-hydrogen) atoms. The number of hydrogen-bond acceptors (Lipinski definition) is 3. The number of esters is 1. The van der Waals surface area contributed by atoms with Gasteiger partial charge in [-0.05, 0) is 43.9 Å². The zero-order chi connectivity index (χ0) is 11.5. The lowest BCUT2D eigenvalue weighted by molar-refractivity contribution is 0.0585. The van der Waals surface area contributed by atoms with Crippen LogP contribution in [0.15, 0.2) is 18.2 Å². The standard InChI is InChI=1S/C13H16O3/c1-9-6-7-11(13(14)15-2)12(8-9)16-10-4-3-5-10/h6-8,10H,3-5H2,1-2H3. The summed E-state index contributed by atoms with van der Waals surface area (Å²) in [7, 11) is 1.38. The maximum absolute atomic E-state index is 11.5. The van der Waals surface area contributed by atoms with Crippen LogP contribution in [0.5, 0.6) is 5.75 Å². The van der Waals surface area contributed by atoms with Gasteiger partial charge in [-0.2, -0.15) is 0 Å². The Kier molecular flexibility index (Phi) is 3.13. The van der Waals surface area contributed by atoms with Crippen molar-refractivity contribution in [3.8, 4) is 5.75 Å². The zero-order valence-corrected chi connectivity index (χ0v) is 9.66. The van der Waals surface area contributed by atoms with Gasteiger partial charge in [-0.3, -0.25) is 0 Å². The minimum Gasteiger partial charge on any atom is -0.490 e. The van der Waals surface area contributed by atoms with Crippen LogP contribution in [-0.2, 0) is 4.74 Å². The summed E-state index contributed by atoms with van der Waals surface area (Å²) in [4.78, 5) is 11.5. The van der Waals surface area contributed by atoms with Gasteiger partial charge in [0.2, 0.25) is 0 Å². The van der Waals surface area contributed by atoms with Crippen molar-refractivity contribution in [2.24, 2.45) is 0 Å². The number of benzene rings is 1. The van der Waals surface area contributed by atoms with Crippen LogP contribution in [-0.4, -0.2) is 19.2 Å². The van der Waals surface area contributed by atoms with E-state index in [1.165, 1.54) is 13.5 Å². The van der Waals surface area contributed by atoms with Gasteiger partial charge in [0.25, 0.3) is 0 Å². The number of ether oxygens (including phenoxy) is 2. The first-order valence-corrected chi connectivity index (χ1v) is 5.56. The van der Waals surface area contributed by atoms with Gasteiger partial charge in [-0.25, -0.2) is 4.79 Å². The van der Waals surface area contributed by atoms with Crippen LogP contribution < -0.4 is 4.74 Å². The Morgan fingerprint density at radius 1 is 1.38 bits per heavy atom. The van der Waals surface area contributed by atoms with Crippen molar-refractivity contribution >= 4 is 5.97 Å². The monoisotopic (exact) mass is 220 g/mol. The predicted octanol–water partition coefficient (Wildman–Crippen LogP) is 2.71. The Balaban J connectivity index is 2.24. The number of carbonyl (C=O) groups excluding carboxylic acids is 1. The quantitative estimate of drug-likeness (QED) is 0.735. The molecule has 0 amide bonds. The first-order chi connectivity index (χ1) is 7.70. The number of carbonyl (C=O) groups is 1. The van der Waals surface area contributed by atoms with E-state index in [0.717, 1.165) is 18.4 Å². The summed E-state index contributed by atoms with van der Waals surface area (Å²) < 4.78 is 10.5. The van der Waals surface area contributed by atoms with E-state index < -0.39 is 0 Å². The van der Waals surface area contributed by atoms with Gasteiger partial charge in [0.05, 0.1) is 13.2 Å². The van der Waals surface area contributed by atoms with Crippen LogP contribution >= 0.6 is 0 Å². The van der Waals surface area contributed by atoms with E-state index in [1.54, 1.807) is 6.07 Å². The highest BCUT2D eigenvalue weighted by molar-refractivity contribution is 5.92. The van der Waals surface area contributed by atoms with Gasteiger partial charge >= 0.3 is 5.97 Å². The fourth-order valence-corrected chi connectivity index (χ4v) is 1.67. The lowest BCUT2D eigenvalue weighted by atomic mass is 9.96. The summed E-state index contributed by atoms with van der Waals surface area (Å²) in [5.74, 6) is 0.311. The van der Waals surface area contributed by atoms with Crippen LogP contribution in [0, 0.1) is 6.92 Å². The van der Waals surface area contributed by atoms with Crippen molar-refractivity contribution in [3.05, 3.63) is 29.3 Å². The molecule has 1 aromatic carbocycles. The van der Waals surface area contributed by atoms with Crippen LogP contribution in [0.4, 0.5) is 0 Å². The van der Waals surface area contributed by atoms with Crippen LogP contribution in [0.2, 0.25) is 0 Å². The first kappa shape index (κ1) is 11.0. The Labute approximate surface area is 95.4 Å². The fourth-order valence-electron chi connectivity index (χ4n) is 1.67. The number of methoxy groups -OCH3 is 1. The molecule has 86 valence electrons. The molecule has 2 rings (SSSR count). The predicted molar refractivity (Wildman–Crippen MR) is 60.8 cm³/mol. The van der Waals surface area contributed by atoms with Crippen molar-refractivity contribution in [2.75, 3.05) is 7.11 Å². The highest BCUT2D eigenvalue weighted by Crippen LogP contribution is 2.28. The van der Waals surface area contributed by atoms with Gasteiger partial charge in [-0.15, -0.1) is 0 Å². The average Bonchev–Trinajstić information content (AvgIpc) is 2.22. The van der Waals surface area contributed by atoms with E-state index in [9.17, 15) is 4.79 Å². The second-order valence-corrected chi connectivity index (χ2v) is 4.16.